The number of carbonyl (C=O) groups is 2. The van der Waals surface area contributed by atoms with Crippen molar-refractivity contribution in [1.82, 2.24) is 0 Å². The molecule has 0 aliphatic carbocycles. The first kappa shape index (κ1) is 11.3. The van der Waals surface area contributed by atoms with Gasteiger partial charge in [-0.3, -0.25) is 19.7 Å². The lowest BCUT2D eigenvalue weighted by Gasteiger charge is -2.25. The number of nitrogens with zero attached hydrogens (tertiary/aromatic N) is 2. The number of hydrogen-bond acceptors (Lipinski definition) is 4. The van der Waals surface area contributed by atoms with Crippen molar-refractivity contribution < 1.29 is 14.5 Å². The van der Waals surface area contributed by atoms with Gasteiger partial charge >= 0.3 is 0 Å². The van der Waals surface area contributed by atoms with Gasteiger partial charge in [0.05, 0.1) is 4.92 Å². The lowest BCUT2D eigenvalue weighted by Crippen LogP contribution is -2.41. The van der Waals surface area contributed by atoms with Gasteiger partial charge in [0, 0.05) is 30.8 Å². The minimum atomic E-state index is -0.537. The lowest BCUT2D eigenvalue weighted by atomic mass is 10.1. The highest BCUT2D eigenvalue weighted by molar-refractivity contribution is 6.41. The Balaban J connectivity index is 2.25. The minimum Gasteiger partial charge on any atom is -0.306 e. The Morgan fingerprint density at radius 1 is 1.18 bits per heavy atom. The van der Waals surface area contributed by atoms with Gasteiger partial charge in [-0.15, -0.1) is 0 Å². The third-order valence-electron chi connectivity index (χ3n) is 2.64. The molecule has 88 valence electrons. The summed E-state index contributed by atoms with van der Waals surface area (Å²) < 4.78 is 0. The molecule has 0 N–H and O–H groups in total. The molecular weight excluding hydrogens is 224 g/mol. The Morgan fingerprint density at radius 3 is 2.41 bits per heavy atom. The summed E-state index contributed by atoms with van der Waals surface area (Å²) in [5.74, 6) is -0.945. The minimum absolute atomic E-state index is 0.0375. The van der Waals surface area contributed by atoms with E-state index in [1.807, 2.05) is 0 Å². The van der Waals surface area contributed by atoms with Crippen molar-refractivity contribution >= 4 is 23.1 Å². The Labute approximate surface area is 97.0 Å². The van der Waals surface area contributed by atoms with Gasteiger partial charge in [0.1, 0.15) is 0 Å². The van der Waals surface area contributed by atoms with E-state index in [9.17, 15) is 19.7 Å². The molecule has 1 aromatic rings. The van der Waals surface area contributed by atoms with Gasteiger partial charge in [0.25, 0.3) is 11.6 Å². The molecule has 2 rings (SSSR count). The number of anilines is 1. The van der Waals surface area contributed by atoms with Crippen LogP contribution in [0.25, 0.3) is 0 Å². The molecule has 1 aromatic carbocycles. The third kappa shape index (κ3) is 2.15. The molecule has 0 bridgehead atoms. The van der Waals surface area contributed by atoms with Crippen molar-refractivity contribution in [1.29, 1.82) is 0 Å². The van der Waals surface area contributed by atoms with Gasteiger partial charge in [-0.05, 0) is 18.6 Å². The molecule has 0 spiro atoms. The Morgan fingerprint density at radius 2 is 1.82 bits per heavy atom. The second-order valence-corrected chi connectivity index (χ2v) is 3.76. The summed E-state index contributed by atoms with van der Waals surface area (Å²) in [6, 6.07) is 5.60. The lowest BCUT2D eigenvalue weighted by molar-refractivity contribution is -0.384. The molecule has 1 aliphatic rings. The highest BCUT2D eigenvalue weighted by Gasteiger charge is 2.27. The van der Waals surface area contributed by atoms with Crippen LogP contribution in [-0.4, -0.2) is 23.2 Å². The number of amides is 1. The van der Waals surface area contributed by atoms with Crippen LogP contribution in [0.4, 0.5) is 11.4 Å². The number of non-ortho nitro benzene ring substituents is 1. The SMILES string of the molecule is O=C1CCCN(c2ccc([N+](=O)[O-])cc2)C1=O. The largest absolute Gasteiger partial charge is 0.306 e. The average molecular weight is 234 g/mol. The predicted molar refractivity (Wildman–Crippen MR) is 59.7 cm³/mol. The molecule has 1 saturated heterocycles. The number of piperidine rings is 1. The fraction of sp³-hybridized carbons (Fsp3) is 0.273. The van der Waals surface area contributed by atoms with Crippen LogP contribution in [0.15, 0.2) is 24.3 Å². The molecule has 0 atom stereocenters. The summed E-state index contributed by atoms with van der Waals surface area (Å²) in [7, 11) is 0. The molecule has 0 unspecified atom stereocenters. The zero-order chi connectivity index (χ0) is 12.4. The van der Waals surface area contributed by atoms with Crippen LogP contribution in [0.2, 0.25) is 0 Å². The summed E-state index contributed by atoms with van der Waals surface area (Å²) >= 11 is 0. The van der Waals surface area contributed by atoms with Crippen LogP contribution in [-0.2, 0) is 9.59 Å². The molecule has 1 aliphatic heterocycles. The van der Waals surface area contributed by atoms with Crippen LogP contribution in [0.3, 0.4) is 0 Å². The zero-order valence-corrected chi connectivity index (χ0v) is 8.96. The van der Waals surface area contributed by atoms with Gasteiger partial charge in [-0.1, -0.05) is 0 Å². The highest BCUT2D eigenvalue weighted by atomic mass is 16.6. The maximum absolute atomic E-state index is 11.6. The van der Waals surface area contributed by atoms with Crippen molar-refractivity contribution in [3.05, 3.63) is 34.4 Å². The molecule has 1 amide bonds. The maximum Gasteiger partial charge on any atom is 0.294 e. The molecule has 0 saturated carbocycles. The fourth-order valence-corrected chi connectivity index (χ4v) is 1.76. The molecule has 1 heterocycles. The summed E-state index contributed by atoms with van der Waals surface area (Å²) in [4.78, 5) is 34.2. The number of nitro groups is 1. The van der Waals surface area contributed by atoms with Crippen LogP contribution >= 0.6 is 0 Å². The number of carbonyl (C=O) groups excluding carboxylic acids is 2. The maximum atomic E-state index is 11.6. The quantitative estimate of drug-likeness (QED) is 0.438. The first-order valence-corrected chi connectivity index (χ1v) is 5.19. The smallest absolute Gasteiger partial charge is 0.294 e. The van der Waals surface area contributed by atoms with E-state index in [-0.39, 0.29) is 12.1 Å². The molecule has 17 heavy (non-hydrogen) atoms. The van der Waals surface area contributed by atoms with Crippen molar-refractivity contribution in [2.75, 3.05) is 11.4 Å². The highest BCUT2D eigenvalue weighted by Crippen LogP contribution is 2.22. The summed E-state index contributed by atoms with van der Waals surface area (Å²) in [6.45, 7) is 0.475. The molecule has 0 aromatic heterocycles. The predicted octanol–water partition coefficient (Wildman–Crippen LogP) is 1.29. The van der Waals surface area contributed by atoms with Crippen LogP contribution < -0.4 is 4.90 Å². The van der Waals surface area contributed by atoms with Gasteiger partial charge < -0.3 is 4.90 Å². The molecule has 0 radical (unpaired) electrons. The third-order valence-corrected chi connectivity index (χ3v) is 2.64. The molecule has 1 fully saturated rings. The van der Waals surface area contributed by atoms with Crippen LogP contribution in [0.1, 0.15) is 12.8 Å². The van der Waals surface area contributed by atoms with Crippen molar-refractivity contribution in [2.24, 2.45) is 0 Å². The first-order valence-electron chi connectivity index (χ1n) is 5.19. The molecule has 6 nitrogen and oxygen atoms in total. The summed E-state index contributed by atoms with van der Waals surface area (Å²) in [5.41, 5.74) is 0.484. The second-order valence-electron chi connectivity index (χ2n) is 3.76. The van der Waals surface area contributed by atoms with E-state index in [4.69, 9.17) is 0 Å². The van der Waals surface area contributed by atoms with E-state index in [2.05, 4.69) is 0 Å². The fourth-order valence-electron chi connectivity index (χ4n) is 1.76. The number of ketones is 1. The van der Waals surface area contributed by atoms with Crippen LogP contribution in [0, 0.1) is 10.1 Å². The van der Waals surface area contributed by atoms with Crippen LogP contribution in [0.5, 0.6) is 0 Å². The van der Waals surface area contributed by atoms with E-state index in [0.717, 1.165) is 0 Å². The van der Waals surface area contributed by atoms with Gasteiger partial charge in [-0.25, -0.2) is 0 Å². The number of nitro benzene ring substituents is 1. The van der Waals surface area contributed by atoms with E-state index >= 15 is 0 Å². The normalized spacial score (nSPS) is 16.1. The van der Waals surface area contributed by atoms with E-state index in [1.165, 1.54) is 29.2 Å². The number of rotatable bonds is 2. The number of Topliss-reactive ketones (excluding diaryl/α,β-unsaturated/α-hetero) is 1. The standard InChI is InChI=1S/C11H10N2O4/c14-10-2-1-7-12(11(10)15)8-3-5-9(6-4-8)13(16)17/h3-6H,1-2,7H2. The van der Waals surface area contributed by atoms with E-state index < -0.39 is 16.6 Å². The number of benzene rings is 1. The zero-order valence-electron chi connectivity index (χ0n) is 8.96. The summed E-state index contributed by atoms with van der Waals surface area (Å²) in [6.07, 6.45) is 0.907. The van der Waals surface area contributed by atoms with Gasteiger partial charge in [-0.2, -0.15) is 0 Å². The average Bonchev–Trinajstić information content (AvgIpc) is 2.33. The van der Waals surface area contributed by atoms with E-state index in [1.54, 1.807) is 0 Å². The second kappa shape index (κ2) is 4.32. The van der Waals surface area contributed by atoms with Gasteiger partial charge in [0.15, 0.2) is 0 Å². The molecule has 6 heteroatoms. The van der Waals surface area contributed by atoms with Gasteiger partial charge in [0.2, 0.25) is 5.78 Å². The Hall–Kier alpha value is -2.24. The van der Waals surface area contributed by atoms with Crippen molar-refractivity contribution in [3.63, 3.8) is 0 Å². The van der Waals surface area contributed by atoms with E-state index in [0.29, 0.717) is 18.7 Å². The number of hydrogen-bond donors (Lipinski definition) is 0. The monoisotopic (exact) mass is 234 g/mol. The summed E-state index contributed by atoms with van der Waals surface area (Å²) in [5, 5.41) is 10.5. The Kier molecular flexibility index (Phi) is 2.86. The topological polar surface area (TPSA) is 80.5 Å². The van der Waals surface area contributed by atoms with Crippen molar-refractivity contribution in [3.8, 4) is 0 Å². The first-order chi connectivity index (χ1) is 8.09. The Bertz CT molecular complexity index is 481. The van der Waals surface area contributed by atoms with Crippen molar-refractivity contribution in [2.45, 2.75) is 12.8 Å². The molecular formula is C11H10N2O4.